The van der Waals surface area contributed by atoms with Crippen molar-refractivity contribution in [3.05, 3.63) is 46.0 Å². The number of pyridine rings is 1. The molecule has 1 amide bonds. The number of carbonyl (C=O) groups excluding carboxylic acids is 1. The first kappa shape index (κ1) is 17.9. The van der Waals surface area contributed by atoms with Crippen LogP contribution < -0.4 is 10.9 Å². The zero-order valence-electron chi connectivity index (χ0n) is 14.3. The Hall–Kier alpha value is -1.92. The first-order chi connectivity index (χ1) is 11.6. The predicted molar refractivity (Wildman–Crippen MR) is 98.5 cm³/mol. The van der Waals surface area contributed by atoms with Crippen LogP contribution in [-0.4, -0.2) is 46.4 Å². The van der Waals surface area contributed by atoms with Crippen LogP contribution in [0.2, 0.25) is 0 Å². The maximum absolute atomic E-state index is 12.8. The molecule has 2 aliphatic rings. The molecule has 0 radical (unpaired) electrons. The highest BCUT2D eigenvalue weighted by molar-refractivity contribution is 5.93. The Morgan fingerprint density at radius 3 is 2.72 bits per heavy atom. The first-order valence-corrected chi connectivity index (χ1v) is 8.56. The van der Waals surface area contributed by atoms with E-state index < -0.39 is 0 Å². The van der Waals surface area contributed by atoms with Gasteiger partial charge in [-0.05, 0) is 55.8 Å². The molecule has 1 N–H and O–H groups in total. The summed E-state index contributed by atoms with van der Waals surface area (Å²) in [7, 11) is 0. The van der Waals surface area contributed by atoms with Crippen LogP contribution in [0.5, 0.6) is 0 Å². The van der Waals surface area contributed by atoms with Crippen molar-refractivity contribution in [2.75, 3.05) is 26.2 Å². The number of rotatable bonds is 1. The van der Waals surface area contributed by atoms with Crippen LogP contribution in [0.1, 0.15) is 35.2 Å². The van der Waals surface area contributed by atoms with Crippen molar-refractivity contribution in [1.29, 1.82) is 0 Å². The van der Waals surface area contributed by atoms with Crippen molar-refractivity contribution < 1.29 is 4.79 Å². The summed E-state index contributed by atoms with van der Waals surface area (Å²) in [6, 6.07) is 3.69. The zero-order valence-corrected chi connectivity index (χ0v) is 15.1. The fourth-order valence-electron chi connectivity index (χ4n) is 3.90. The number of fused-ring (bicyclic) bond motifs is 1. The molecule has 134 valence electrons. The second kappa shape index (κ2) is 6.77. The SMILES string of the molecule is Cc1ccn2c(=O)c(C(=O)N3CCC4(CCNC4)CC3)cnc2c1.Cl. The molecule has 4 heterocycles. The van der Waals surface area contributed by atoms with Gasteiger partial charge in [0.2, 0.25) is 0 Å². The molecule has 25 heavy (non-hydrogen) atoms. The molecule has 2 aromatic rings. The third-order valence-electron chi connectivity index (χ3n) is 5.54. The highest BCUT2D eigenvalue weighted by Gasteiger charge is 2.38. The topological polar surface area (TPSA) is 66.7 Å². The van der Waals surface area contributed by atoms with Gasteiger partial charge in [-0.25, -0.2) is 4.98 Å². The molecule has 7 heteroatoms. The van der Waals surface area contributed by atoms with E-state index >= 15 is 0 Å². The van der Waals surface area contributed by atoms with Gasteiger partial charge < -0.3 is 10.2 Å². The molecule has 1 spiro atoms. The van der Waals surface area contributed by atoms with Crippen LogP contribution in [0.3, 0.4) is 0 Å². The molecule has 0 aromatic carbocycles. The van der Waals surface area contributed by atoms with Gasteiger partial charge in [0.25, 0.3) is 11.5 Å². The molecule has 2 saturated heterocycles. The highest BCUT2D eigenvalue weighted by Crippen LogP contribution is 2.37. The monoisotopic (exact) mass is 362 g/mol. The van der Waals surface area contributed by atoms with E-state index in [0.717, 1.165) is 44.6 Å². The second-order valence-electron chi connectivity index (χ2n) is 7.13. The number of nitrogens with zero attached hydrogens (tertiary/aromatic N) is 3. The maximum Gasteiger partial charge on any atom is 0.270 e. The number of amides is 1. The van der Waals surface area contributed by atoms with Crippen molar-refractivity contribution in [1.82, 2.24) is 19.6 Å². The lowest BCUT2D eigenvalue weighted by molar-refractivity contribution is 0.0605. The van der Waals surface area contributed by atoms with Crippen LogP contribution in [0.25, 0.3) is 5.65 Å². The summed E-state index contributed by atoms with van der Waals surface area (Å²) < 4.78 is 1.45. The average Bonchev–Trinajstić information content (AvgIpc) is 3.03. The lowest BCUT2D eigenvalue weighted by Crippen LogP contribution is -2.45. The third kappa shape index (κ3) is 3.16. The number of aryl methyl sites for hydroxylation is 1. The van der Waals surface area contributed by atoms with Gasteiger partial charge in [-0.1, -0.05) is 0 Å². The molecule has 6 nitrogen and oxygen atoms in total. The maximum atomic E-state index is 12.8. The number of likely N-dealkylation sites (tertiary alicyclic amines) is 1. The van der Waals surface area contributed by atoms with Crippen LogP contribution in [0.4, 0.5) is 0 Å². The van der Waals surface area contributed by atoms with Crippen molar-refractivity contribution >= 4 is 24.0 Å². The van der Waals surface area contributed by atoms with Crippen LogP contribution >= 0.6 is 12.4 Å². The minimum atomic E-state index is -0.284. The van der Waals surface area contributed by atoms with Gasteiger partial charge in [0.1, 0.15) is 11.2 Å². The van der Waals surface area contributed by atoms with Gasteiger partial charge >= 0.3 is 0 Å². The van der Waals surface area contributed by atoms with E-state index in [1.54, 1.807) is 6.20 Å². The number of aromatic nitrogens is 2. The number of halogens is 1. The summed E-state index contributed by atoms with van der Waals surface area (Å²) in [5, 5.41) is 3.43. The number of carbonyl (C=O) groups is 1. The Balaban J connectivity index is 0.00000182. The standard InChI is InChI=1S/C18H22N4O2.ClH/c1-13-2-7-22-15(10-13)20-11-14(17(22)24)16(23)21-8-4-18(5-9-21)3-6-19-12-18;/h2,7,10-11,19H,3-6,8-9,12H2,1H3;1H. The summed E-state index contributed by atoms with van der Waals surface area (Å²) in [4.78, 5) is 31.5. The smallest absolute Gasteiger partial charge is 0.270 e. The van der Waals surface area contributed by atoms with Crippen molar-refractivity contribution in [2.24, 2.45) is 5.41 Å². The lowest BCUT2D eigenvalue weighted by atomic mass is 9.78. The number of hydrogen-bond donors (Lipinski definition) is 1. The van der Waals surface area contributed by atoms with E-state index in [9.17, 15) is 9.59 Å². The lowest BCUT2D eigenvalue weighted by Gasteiger charge is -2.38. The normalized spacial score (nSPS) is 19.2. The fraction of sp³-hybridized carbons (Fsp3) is 0.500. The molecular formula is C18H23ClN4O2. The molecule has 0 unspecified atom stereocenters. The van der Waals surface area contributed by atoms with E-state index in [-0.39, 0.29) is 29.4 Å². The van der Waals surface area contributed by atoms with Crippen molar-refractivity contribution in [3.63, 3.8) is 0 Å². The van der Waals surface area contributed by atoms with Gasteiger partial charge in [-0.3, -0.25) is 14.0 Å². The van der Waals surface area contributed by atoms with Gasteiger partial charge in [0.15, 0.2) is 0 Å². The van der Waals surface area contributed by atoms with Crippen LogP contribution in [-0.2, 0) is 0 Å². The first-order valence-electron chi connectivity index (χ1n) is 8.56. The predicted octanol–water partition coefficient (Wildman–Crippen LogP) is 1.64. The summed E-state index contributed by atoms with van der Waals surface area (Å²) in [5.74, 6) is -0.191. The van der Waals surface area contributed by atoms with Crippen molar-refractivity contribution in [3.8, 4) is 0 Å². The van der Waals surface area contributed by atoms with E-state index in [4.69, 9.17) is 0 Å². The molecule has 0 atom stereocenters. The van der Waals surface area contributed by atoms with Gasteiger partial charge in [0, 0.05) is 32.0 Å². The average molecular weight is 363 g/mol. The second-order valence-corrected chi connectivity index (χ2v) is 7.13. The third-order valence-corrected chi connectivity index (χ3v) is 5.54. The minimum Gasteiger partial charge on any atom is -0.338 e. The van der Waals surface area contributed by atoms with Gasteiger partial charge in [-0.15, -0.1) is 12.4 Å². The van der Waals surface area contributed by atoms with E-state index in [0.29, 0.717) is 11.1 Å². The Morgan fingerprint density at radius 1 is 1.28 bits per heavy atom. The quantitative estimate of drug-likeness (QED) is 0.837. The Bertz CT molecular complexity index is 848. The van der Waals surface area contributed by atoms with Gasteiger partial charge in [0.05, 0.1) is 0 Å². The number of piperidine rings is 1. The summed E-state index contributed by atoms with van der Waals surface area (Å²) in [6.45, 7) is 5.51. The summed E-state index contributed by atoms with van der Waals surface area (Å²) >= 11 is 0. The minimum absolute atomic E-state index is 0. The van der Waals surface area contributed by atoms with Crippen LogP contribution in [0.15, 0.2) is 29.3 Å². The Morgan fingerprint density at radius 2 is 2.04 bits per heavy atom. The van der Waals surface area contributed by atoms with Gasteiger partial charge in [-0.2, -0.15) is 0 Å². The fourth-order valence-corrected chi connectivity index (χ4v) is 3.90. The van der Waals surface area contributed by atoms with Crippen molar-refractivity contribution in [2.45, 2.75) is 26.2 Å². The molecule has 0 aliphatic carbocycles. The molecule has 0 saturated carbocycles. The Kier molecular flexibility index (Phi) is 4.84. The van der Waals surface area contributed by atoms with E-state index in [1.165, 1.54) is 17.0 Å². The molecule has 4 rings (SSSR count). The molecule has 2 aromatic heterocycles. The number of nitrogens with one attached hydrogen (secondary N) is 1. The van der Waals surface area contributed by atoms with E-state index in [1.807, 2.05) is 24.0 Å². The van der Waals surface area contributed by atoms with Crippen LogP contribution in [0, 0.1) is 12.3 Å². The summed E-state index contributed by atoms with van der Waals surface area (Å²) in [6.07, 6.45) is 6.32. The summed E-state index contributed by atoms with van der Waals surface area (Å²) in [5.41, 5.74) is 1.84. The Labute approximate surface area is 152 Å². The molecule has 0 bridgehead atoms. The highest BCUT2D eigenvalue weighted by atomic mass is 35.5. The number of hydrogen-bond acceptors (Lipinski definition) is 4. The zero-order chi connectivity index (χ0) is 16.7. The largest absolute Gasteiger partial charge is 0.338 e. The molecule has 2 aliphatic heterocycles. The molecule has 2 fully saturated rings. The van der Waals surface area contributed by atoms with E-state index in [2.05, 4.69) is 10.3 Å². The molecular weight excluding hydrogens is 340 g/mol.